The molecule has 0 fully saturated rings. The van der Waals surface area contributed by atoms with Gasteiger partial charge >= 0.3 is 12.2 Å². The Morgan fingerprint density at radius 3 is 2.41 bits per heavy atom. The summed E-state index contributed by atoms with van der Waals surface area (Å²) in [7, 11) is 0.315. The first-order chi connectivity index (χ1) is 19.2. The van der Waals surface area contributed by atoms with Gasteiger partial charge in [-0.25, -0.2) is 23.5 Å². The second-order valence-electron chi connectivity index (χ2n) is 10.5. The van der Waals surface area contributed by atoms with Crippen LogP contribution in [0.3, 0.4) is 0 Å². The van der Waals surface area contributed by atoms with Crippen LogP contribution in [-0.4, -0.2) is 39.8 Å². The lowest BCUT2D eigenvalue weighted by Crippen LogP contribution is -2.29. The molecule has 0 aliphatic carbocycles. The third-order valence-corrected chi connectivity index (χ3v) is 7.75. The van der Waals surface area contributed by atoms with Gasteiger partial charge in [0.05, 0.1) is 17.5 Å². The number of hydrogen-bond donors (Lipinski definition) is 2. The number of aromatic nitrogens is 4. The van der Waals surface area contributed by atoms with E-state index in [1.807, 2.05) is 0 Å². The fourth-order valence-corrected chi connectivity index (χ4v) is 4.62. The van der Waals surface area contributed by atoms with E-state index < -0.39 is 54.4 Å². The molecule has 4 rings (SSSR count). The number of urea groups is 1. The molecule has 0 aliphatic rings. The SMILES string of the molecule is Cn1ccnc1CNC(=O)Nc1cc(F)c(Oc2ccnc3c2c(C(F)(F)F)cn3COCC[Si](C)(C)C)c(F)c1. The fourth-order valence-electron chi connectivity index (χ4n) is 3.87. The maximum Gasteiger partial charge on any atom is 0.418 e. The molecule has 2 amide bonds. The first-order valence-corrected chi connectivity index (χ1v) is 16.2. The van der Waals surface area contributed by atoms with Crippen LogP contribution in [0.4, 0.5) is 32.4 Å². The van der Waals surface area contributed by atoms with Gasteiger partial charge in [-0.15, -0.1) is 0 Å². The van der Waals surface area contributed by atoms with Crippen LogP contribution in [-0.2, 0) is 31.2 Å². The smallest absolute Gasteiger partial charge is 0.418 e. The van der Waals surface area contributed by atoms with Gasteiger partial charge in [-0.2, -0.15) is 13.2 Å². The zero-order valence-corrected chi connectivity index (χ0v) is 23.8. The molecule has 15 heteroatoms. The first-order valence-electron chi connectivity index (χ1n) is 12.5. The molecule has 41 heavy (non-hydrogen) atoms. The number of hydrogen-bond acceptors (Lipinski definition) is 5. The van der Waals surface area contributed by atoms with Crippen LogP contribution in [0.2, 0.25) is 25.7 Å². The molecule has 0 aliphatic heterocycles. The number of carbonyl (C=O) groups is 1. The minimum absolute atomic E-state index is 0.0596. The molecular formula is C26H29F5N6O3Si. The molecule has 2 N–H and O–H groups in total. The Balaban J connectivity index is 1.55. The van der Waals surface area contributed by atoms with Crippen molar-refractivity contribution in [3.8, 4) is 11.5 Å². The van der Waals surface area contributed by atoms with Crippen molar-refractivity contribution in [2.45, 2.75) is 45.1 Å². The van der Waals surface area contributed by atoms with Crippen molar-refractivity contribution in [1.29, 1.82) is 0 Å². The van der Waals surface area contributed by atoms with Crippen LogP contribution in [0.1, 0.15) is 11.4 Å². The number of imidazole rings is 1. The van der Waals surface area contributed by atoms with Crippen LogP contribution >= 0.6 is 0 Å². The van der Waals surface area contributed by atoms with E-state index >= 15 is 0 Å². The van der Waals surface area contributed by atoms with E-state index in [2.05, 4.69) is 40.2 Å². The average molecular weight is 597 g/mol. The van der Waals surface area contributed by atoms with Gasteiger partial charge in [0.2, 0.25) is 0 Å². The lowest BCUT2D eigenvalue weighted by atomic mass is 10.2. The second kappa shape index (κ2) is 11.9. The number of ether oxygens (including phenoxy) is 2. The number of halogens is 5. The van der Waals surface area contributed by atoms with Crippen molar-refractivity contribution < 1.29 is 36.2 Å². The summed E-state index contributed by atoms with van der Waals surface area (Å²) in [6.45, 7) is 6.67. The van der Waals surface area contributed by atoms with Crippen LogP contribution in [0.25, 0.3) is 11.0 Å². The summed E-state index contributed by atoms with van der Waals surface area (Å²) in [5, 5.41) is 4.33. The first kappa shape index (κ1) is 30.0. The summed E-state index contributed by atoms with van der Waals surface area (Å²) in [5.41, 5.74) is -1.44. The van der Waals surface area contributed by atoms with Crippen molar-refractivity contribution in [3.05, 3.63) is 66.0 Å². The van der Waals surface area contributed by atoms with E-state index in [0.29, 0.717) is 12.4 Å². The molecule has 0 radical (unpaired) electrons. The van der Waals surface area contributed by atoms with Crippen molar-refractivity contribution in [2.75, 3.05) is 11.9 Å². The highest BCUT2D eigenvalue weighted by Gasteiger charge is 2.37. The highest BCUT2D eigenvalue weighted by molar-refractivity contribution is 6.76. The molecule has 4 aromatic rings. The Bertz CT molecular complexity index is 1520. The molecule has 0 saturated carbocycles. The summed E-state index contributed by atoms with van der Waals surface area (Å²) < 4.78 is 85.6. The van der Waals surface area contributed by atoms with Crippen molar-refractivity contribution in [1.82, 2.24) is 24.4 Å². The number of anilines is 1. The quantitative estimate of drug-likeness (QED) is 0.124. The van der Waals surface area contributed by atoms with Crippen LogP contribution in [0.5, 0.6) is 11.5 Å². The summed E-state index contributed by atoms with van der Waals surface area (Å²) in [5.74, 6) is -3.32. The molecule has 220 valence electrons. The minimum Gasteiger partial charge on any atom is -0.450 e. The highest BCUT2D eigenvalue weighted by atomic mass is 28.3. The summed E-state index contributed by atoms with van der Waals surface area (Å²) in [6, 6.07) is 2.73. The number of aryl methyl sites for hydroxylation is 1. The predicted octanol–water partition coefficient (Wildman–Crippen LogP) is 6.49. The van der Waals surface area contributed by atoms with Gasteiger partial charge in [-0.3, -0.25) is 0 Å². The predicted molar refractivity (Wildman–Crippen MR) is 144 cm³/mol. The normalized spacial score (nSPS) is 12.1. The lowest BCUT2D eigenvalue weighted by molar-refractivity contribution is -0.136. The zero-order valence-electron chi connectivity index (χ0n) is 22.8. The van der Waals surface area contributed by atoms with Crippen molar-refractivity contribution >= 4 is 30.8 Å². The van der Waals surface area contributed by atoms with Gasteiger partial charge in [0.25, 0.3) is 0 Å². The van der Waals surface area contributed by atoms with E-state index in [-0.39, 0.29) is 24.6 Å². The number of rotatable bonds is 10. The van der Waals surface area contributed by atoms with Crippen LogP contribution < -0.4 is 15.4 Å². The number of amides is 2. The van der Waals surface area contributed by atoms with Gasteiger partial charge in [0, 0.05) is 64.3 Å². The zero-order chi connectivity index (χ0) is 29.9. The molecule has 1 aromatic carbocycles. The molecule has 3 aromatic heterocycles. The maximum absolute atomic E-state index is 14.9. The van der Waals surface area contributed by atoms with E-state index in [9.17, 15) is 26.7 Å². The molecular weight excluding hydrogens is 567 g/mol. The van der Waals surface area contributed by atoms with E-state index in [0.717, 1.165) is 30.4 Å². The van der Waals surface area contributed by atoms with Gasteiger partial charge in [-0.05, 0) is 12.1 Å². The lowest BCUT2D eigenvalue weighted by Gasteiger charge is -2.15. The Morgan fingerprint density at radius 2 is 1.80 bits per heavy atom. The van der Waals surface area contributed by atoms with Gasteiger partial charge in [0.15, 0.2) is 17.4 Å². The average Bonchev–Trinajstić information content (AvgIpc) is 3.46. The third kappa shape index (κ3) is 7.41. The molecule has 9 nitrogen and oxygen atoms in total. The third-order valence-electron chi connectivity index (χ3n) is 6.05. The molecule has 3 heterocycles. The number of benzene rings is 1. The molecule has 0 saturated heterocycles. The van der Waals surface area contributed by atoms with E-state index in [1.165, 1.54) is 10.8 Å². The van der Waals surface area contributed by atoms with E-state index in [1.54, 1.807) is 24.0 Å². The number of carbonyl (C=O) groups excluding carboxylic acids is 1. The Hall–Kier alpha value is -3.98. The van der Waals surface area contributed by atoms with Crippen molar-refractivity contribution in [2.24, 2.45) is 7.05 Å². The van der Waals surface area contributed by atoms with Crippen LogP contribution in [0, 0.1) is 11.6 Å². The monoisotopic (exact) mass is 596 g/mol. The highest BCUT2D eigenvalue weighted by Crippen LogP contribution is 2.42. The largest absolute Gasteiger partial charge is 0.450 e. The van der Waals surface area contributed by atoms with Gasteiger partial charge in [0.1, 0.15) is 24.0 Å². The maximum atomic E-state index is 14.9. The molecule has 0 unspecified atom stereocenters. The number of pyridine rings is 1. The topological polar surface area (TPSA) is 95.2 Å². The van der Waals surface area contributed by atoms with E-state index in [4.69, 9.17) is 9.47 Å². The minimum atomic E-state index is -4.81. The van der Waals surface area contributed by atoms with Gasteiger partial charge < -0.3 is 29.2 Å². The standard InChI is InChI=1S/C26H29F5N6O3Si/c1-36-8-7-32-21(36)13-34-25(38)35-16-11-18(27)23(19(28)12-16)40-20-5-6-33-24-22(20)17(26(29,30)31)14-37(24)15-39-9-10-41(2,3)4/h5-8,11-12,14H,9-10,13,15H2,1-4H3,(H2,34,35,38). The summed E-state index contributed by atoms with van der Waals surface area (Å²) in [4.78, 5) is 20.3. The van der Waals surface area contributed by atoms with Crippen LogP contribution in [0.15, 0.2) is 43.0 Å². The number of nitrogens with one attached hydrogen (secondary N) is 2. The van der Waals surface area contributed by atoms with Gasteiger partial charge in [-0.1, -0.05) is 19.6 Å². The second-order valence-corrected chi connectivity index (χ2v) is 16.1. The molecule has 0 bridgehead atoms. The summed E-state index contributed by atoms with van der Waals surface area (Å²) in [6.07, 6.45) is 0.433. The number of alkyl halides is 3. The number of nitrogens with zero attached hydrogens (tertiary/aromatic N) is 4. The Labute approximate surface area is 233 Å². The Kier molecular flexibility index (Phi) is 8.68. The summed E-state index contributed by atoms with van der Waals surface area (Å²) >= 11 is 0. The molecule has 0 atom stereocenters. The molecule has 0 spiro atoms. The fraction of sp³-hybridized carbons (Fsp3) is 0.346. The van der Waals surface area contributed by atoms with Crippen molar-refractivity contribution in [3.63, 3.8) is 0 Å². The Morgan fingerprint density at radius 1 is 1.10 bits per heavy atom. The number of fused-ring (bicyclic) bond motifs is 1.